The molecule has 0 saturated carbocycles. The molecule has 4 nitrogen and oxygen atoms in total. The van der Waals surface area contributed by atoms with Crippen molar-refractivity contribution in [1.82, 2.24) is 0 Å². The highest BCUT2D eigenvalue weighted by Gasteiger charge is 2.13. The van der Waals surface area contributed by atoms with Crippen LogP contribution in [0.3, 0.4) is 0 Å². The Morgan fingerprint density at radius 1 is 1.06 bits per heavy atom. The lowest BCUT2D eigenvalue weighted by atomic mass is 10.2. The summed E-state index contributed by atoms with van der Waals surface area (Å²) < 4.78 is 20.6. The summed E-state index contributed by atoms with van der Waals surface area (Å²) in [6.45, 7) is 0.132. The highest BCUT2D eigenvalue weighted by atomic mass is 35.5. The Morgan fingerprint density at radius 2 is 1.62 bits per heavy atom. The number of halogens is 1. The van der Waals surface area contributed by atoms with Crippen LogP contribution in [0, 0.1) is 0 Å². The molecular formula is C11H15ClO4. The van der Waals surface area contributed by atoms with Crippen LogP contribution in [0.1, 0.15) is 5.56 Å². The molecule has 0 unspecified atom stereocenters. The zero-order chi connectivity index (χ0) is 12.0. The van der Waals surface area contributed by atoms with Gasteiger partial charge in [-0.2, -0.15) is 0 Å². The molecular weight excluding hydrogens is 232 g/mol. The summed E-state index contributed by atoms with van der Waals surface area (Å²) in [4.78, 5) is 0. The smallest absolute Gasteiger partial charge is 0.206 e. The van der Waals surface area contributed by atoms with Crippen molar-refractivity contribution in [2.75, 3.05) is 28.1 Å². The van der Waals surface area contributed by atoms with Gasteiger partial charge < -0.3 is 18.9 Å². The summed E-state index contributed by atoms with van der Waals surface area (Å²) in [7, 11) is 4.67. The average molecular weight is 247 g/mol. The topological polar surface area (TPSA) is 36.9 Å². The average Bonchev–Trinajstić information content (AvgIpc) is 2.35. The Balaban J connectivity index is 3.09. The molecule has 0 aliphatic carbocycles. The standard InChI is InChI=1S/C11H15ClO4/c1-13-7-16-11-9(14-2)4-8(6-12)5-10(11)15-3/h4-5H,6-7H2,1-3H3. The van der Waals surface area contributed by atoms with E-state index in [1.165, 1.54) is 0 Å². The Bertz CT molecular complexity index is 316. The summed E-state index contributed by atoms with van der Waals surface area (Å²) in [5, 5.41) is 0. The second-order valence-electron chi connectivity index (χ2n) is 3.01. The number of alkyl halides is 1. The molecule has 0 aliphatic rings. The fourth-order valence-electron chi connectivity index (χ4n) is 1.27. The third-order valence-electron chi connectivity index (χ3n) is 2.00. The molecule has 0 amide bonds. The van der Waals surface area contributed by atoms with Gasteiger partial charge in [-0.05, 0) is 17.7 Å². The van der Waals surface area contributed by atoms with E-state index in [4.69, 9.17) is 30.5 Å². The number of methoxy groups -OCH3 is 3. The lowest BCUT2D eigenvalue weighted by Gasteiger charge is -2.14. The van der Waals surface area contributed by atoms with Crippen molar-refractivity contribution in [2.24, 2.45) is 0 Å². The van der Waals surface area contributed by atoms with Crippen LogP contribution in [0.2, 0.25) is 0 Å². The van der Waals surface area contributed by atoms with Crippen molar-refractivity contribution in [1.29, 1.82) is 0 Å². The molecule has 0 saturated heterocycles. The van der Waals surface area contributed by atoms with Crippen LogP contribution in [-0.2, 0) is 10.6 Å². The van der Waals surface area contributed by atoms with Gasteiger partial charge in [0.2, 0.25) is 5.75 Å². The first-order valence-electron chi connectivity index (χ1n) is 4.69. The largest absolute Gasteiger partial charge is 0.493 e. The van der Waals surface area contributed by atoms with Crippen LogP contribution < -0.4 is 14.2 Å². The molecule has 0 aliphatic heterocycles. The Hall–Kier alpha value is -1.13. The predicted molar refractivity (Wildman–Crippen MR) is 61.6 cm³/mol. The number of hydrogen-bond acceptors (Lipinski definition) is 4. The van der Waals surface area contributed by atoms with Crippen molar-refractivity contribution in [2.45, 2.75) is 5.88 Å². The fraction of sp³-hybridized carbons (Fsp3) is 0.455. The second kappa shape index (κ2) is 6.45. The van der Waals surface area contributed by atoms with Crippen molar-refractivity contribution in [3.05, 3.63) is 17.7 Å². The Kier molecular flexibility index (Phi) is 5.22. The maximum absolute atomic E-state index is 5.76. The molecule has 0 spiro atoms. The molecule has 0 aromatic heterocycles. The van der Waals surface area contributed by atoms with Gasteiger partial charge in [0, 0.05) is 13.0 Å². The predicted octanol–water partition coefficient (Wildman–Crippen LogP) is 2.43. The lowest BCUT2D eigenvalue weighted by Crippen LogP contribution is -2.03. The van der Waals surface area contributed by atoms with Crippen LogP contribution >= 0.6 is 11.6 Å². The molecule has 0 radical (unpaired) electrons. The highest BCUT2D eigenvalue weighted by Crippen LogP contribution is 2.38. The van der Waals surface area contributed by atoms with E-state index >= 15 is 0 Å². The van der Waals surface area contributed by atoms with Crippen molar-refractivity contribution in [3.8, 4) is 17.2 Å². The maximum atomic E-state index is 5.76. The molecule has 5 heteroatoms. The van der Waals surface area contributed by atoms with E-state index in [9.17, 15) is 0 Å². The van der Waals surface area contributed by atoms with E-state index in [2.05, 4.69) is 0 Å². The van der Waals surface area contributed by atoms with E-state index in [0.717, 1.165) is 5.56 Å². The zero-order valence-corrected chi connectivity index (χ0v) is 10.3. The van der Waals surface area contributed by atoms with Crippen molar-refractivity contribution < 1.29 is 18.9 Å². The number of hydrogen-bond donors (Lipinski definition) is 0. The normalized spacial score (nSPS) is 10.0. The van der Waals surface area contributed by atoms with Gasteiger partial charge in [-0.3, -0.25) is 0 Å². The summed E-state index contributed by atoms with van der Waals surface area (Å²) in [5.41, 5.74) is 0.903. The van der Waals surface area contributed by atoms with Crippen LogP contribution in [0.25, 0.3) is 0 Å². The van der Waals surface area contributed by atoms with E-state index in [-0.39, 0.29) is 6.79 Å². The minimum absolute atomic E-state index is 0.132. The lowest BCUT2D eigenvalue weighted by molar-refractivity contribution is 0.0471. The minimum atomic E-state index is 0.132. The number of benzene rings is 1. The van der Waals surface area contributed by atoms with Crippen molar-refractivity contribution >= 4 is 11.6 Å². The summed E-state index contributed by atoms with van der Waals surface area (Å²) in [5.74, 6) is 2.05. The third-order valence-corrected chi connectivity index (χ3v) is 2.30. The van der Waals surface area contributed by atoms with Crippen LogP contribution in [-0.4, -0.2) is 28.1 Å². The summed E-state index contributed by atoms with van der Waals surface area (Å²) in [6, 6.07) is 3.61. The molecule has 0 fully saturated rings. The monoisotopic (exact) mass is 246 g/mol. The summed E-state index contributed by atoms with van der Waals surface area (Å²) in [6.07, 6.45) is 0. The third kappa shape index (κ3) is 2.93. The summed E-state index contributed by atoms with van der Waals surface area (Å²) >= 11 is 5.76. The maximum Gasteiger partial charge on any atom is 0.206 e. The van der Waals surface area contributed by atoms with Gasteiger partial charge in [0.05, 0.1) is 14.2 Å². The molecule has 1 aromatic carbocycles. The Morgan fingerprint density at radius 3 is 2.00 bits per heavy atom. The van der Waals surface area contributed by atoms with Crippen molar-refractivity contribution in [3.63, 3.8) is 0 Å². The van der Waals surface area contributed by atoms with Gasteiger partial charge >= 0.3 is 0 Å². The minimum Gasteiger partial charge on any atom is -0.493 e. The molecule has 0 atom stereocenters. The molecule has 1 rings (SSSR count). The first-order chi connectivity index (χ1) is 7.76. The molecule has 0 N–H and O–H groups in total. The van der Waals surface area contributed by atoms with Crippen LogP contribution in [0.4, 0.5) is 0 Å². The fourth-order valence-corrected chi connectivity index (χ4v) is 1.43. The van der Waals surface area contributed by atoms with Crippen LogP contribution in [0.5, 0.6) is 17.2 Å². The van der Waals surface area contributed by atoms with E-state index in [0.29, 0.717) is 23.1 Å². The Labute approximate surface area is 100 Å². The molecule has 90 valence electrons. The zero-order valence-electron chi connectivity index (χ0n) is 9.58. The molecule has 16 heavy (non-hydrogen) atoms. The second-order valence-corrected chi connectivity index (χ2v) is 3.28. The van der Waals surface area contributed by atoms with Gasteiger partial charge in [0.1, 0.15) is 0 Å². The van der Waals surface area contributed by atoms with E-state index in [1.54, 1.807) is 33.5 Å². The molecule has 0 bridgehead atoms. The van der Waals surface area contributed by atoms with E-state index in [1.807, 2.05) is 0 Å². The van der Waals surface area contributed by atoms with Gasteiger partial charge in [0.15, 0.2) is 18.3 Å². The first kappa shape index (κ1) is 12.9. The highest BCUT2D eigenvalue weighted by molar-refractivity contribution is 6.17. The van der Waals surface area contributed by atoms with Crippen LogP contribution in [0.15, 0.2) is 12.1 Å². The number of rotatable bonds is 6. The molecule has 1 aromatic rings. The van der Waals surface area contributed by atoms with Gasteiger partial charge in [-0.1, -0.05) is 0 Å². The molecule has 0 heterocycles. The van der Waals surface area contributed by atoms with Gasteiger partial charge in [-0.25, -0.2) is 0 Å². The van der Waals surface area contributed by atoms with Gasteiger partial charge in [0.25, 0.3) is 0 Å². The SMILES string of the molecule is COCOc1c(OC)cc(CCl)cc1OC. The van der Waals surface area contributed by atoms with Gasteiger partial charge in [-0.15, -0.1) is 11.6 Å². The quantitative estimate of drug-likeness (QED) is 0.571. The first-order valence-corrected chi connectivity index (χ1v) is 5.22. The number of ether oxygens (including phenoxy) is 4. The van der Waals surface area contributed by atoms with E-state index < -0.39 is 0 Å².